The average Bonchev–Trinajstić information content (AvgIpc) is 3.12. The number of halogens is 2. The Kier molecular flexibility index (Phi) is 13.0. The van der Waals surface area contributed by atoms with Gasteiger partial charge in [0.1, 0.15) is 17.3 Å². The van der Waals surface area contributed by atoms with E-state index in [1.165, 1.54) is 69.8 Å². The highest BCUT2D eigenvalue weighted by Crippen LogP contribution is 2.69. The molecular weight excluding hydrogens is 812 g/mol. The van der Waals surface area contributed by atoms with E-state index in [1.54, 1.807) is 12.7 Å². The molecule has 1 saturated heterocycles. The highest BCUT2D eigenvalue weighted by Gasteiger charge is 2.76. The van der Waals surface area contributed by atoms with E-state index in [-0.39, 0.29) is 21.0 Å². The van der Waals surface area contributed by atoms with Crippen LogP contribution in [0, 0.1) is 47.3 Å². The first-order valence-electron chi connectivity index (χ1n) is 22.6. The van der Waals surface area contributed by atoms with Gasteiger partial charge in [0.15, 0.2) is 5.60 Å². The van der Waals surface area contributed by atoms with Crippen molar-refractivity contribution in [1.29, 1.82) is 0 Å². The molecule has 0 aromatic heterocycles. The Labute approximate surface area is 368 Å². The Balaban J connectivity index is 0.000000168. The summed E-state index contributed by atoms with van der Waals surface area (Å²) in [5.74, 6) is 8.48. The molecule has 9 fully saturated rings. The van der Waals surface area contributed by atoms with Crippen molar-refractivity contribution in [2.45, 2.75) is 153 Å². The third-order valence-corrected chi connectivity index (χ3v) is 25.3. The summed E-state index contributed by atoms with van der Waals surface area (Å²) in [6.45, 7) is 22.9. The first-order valence-corrected chi connectivity index (χ1v) is 29.5. The molecule has 8 saturated carbocycles. The lowest BCUT2D eigenvalue weighted by Crippen LogP contribution is -2.76. The summed E-state index contributed by atoms with van der Waals surface area (Å²) >= 11 is 9.53. The van der Waals surface area contributed by atoms with Gasteiger partial charge in [0, 0.05) is 18.2 Å². The third-order valence-electron chi connectivity index (χ3n) is 16.6. The van der Waals surface area contributed by atoms with Crippen LogP contribution in [0.1, 0.15) is 117 Å². The number of benzene rings is 2. The van der Waals surface area contributed by atoms with Gasteiger partial charge in [-0.2, -0.15) is 4.89 Å². The van der Waals surface area contributed by atoms with Gasteiger partial charge < -0.3 is 18.3 Å². The van der Waals surface area contributed by atoms with Crippen LogP contribution in [0.15, 0.2) is 54.1 Å². The van der Waals surface area contributed by atoms with E-state index >= 15 is 0 Å². The van der Waals surface area contributed by atoms with Gasteiger partial charge >= 0.3 is 0 Å². The quantitative estimate of drug-likeness (QED) is 0.114. The minimum Gasteiger partial charge on any atom is -0.543 e. The Morgan fingerprint density at radius 3 is 1.49 bits per heavy atom. The van der Waals surface area contributed by atoms with Gasteiger partial charge in [-0.25, -0.2) is 4.89 Å². The van der Waals surface area contributed by atoms with Crippen LogP contribution in [-0.4, -0.2) is 41.8 Å². The van der Waals surface area contributed by atoms with Crippen molar-refractivity contribution < 1.29 is 28.1 Å². The van der Waals surface area contributed by atoms with Crippen LogP contribution in [0.5, 0.6) is 11.5 Å². The molecule has 59 heavy (non-hydrogen) atoms. The largest absolute Gasteiger partial charge is 0.543 e. The van der Waals surface area contributed by atoms with Crippen molar-refractivity contribution in [3.63, 3.8) is 0 Å². The third kappa shape index (κ3) is 8.37. The molecule has 1 unspecified atom stereocenters. The molecule has 1 aliphatic heterocycles. The van der Waals surface area contributed by atoms with E-state index in [4.69, 9.17) is 51.3 Å². The molecule has 1 spiro atoms. The summed E-state index contributed by atoms with van der Waals surface area (Å²) in [6, 6.07) is 17.1. The molecule has 2 aromatic carbocycles. The molecule has 1 heterocycles. The number of ether oxygens (including phenoxy) is 2. The fraction of sp³-hybridized carbons (Fsp3) is 0.714. The van der Waals surface area contributed by atoms with Crippen molar-refractivity contribution >= 4 is 45.6 Å². The summed E-state index contributed by atoms with van der Waals surface area (Å²) in [4.78, 5) is 12.0. The molecule has 8 bridgehead atoms. The number of methoxy groups -OCH3 is 2. The zero-order valence-corrected chi connectivity index (χ0v) is 41.7. The fourth-order valence-corrected chi connectivity index (χ4v) is 14.2. The second-order valence-corrected chi connectivity index (χ2v) is 32.5. The van der Waals surface area contributed by atoms with E-state index in [0.29, 0.717) is 11.8 Å². The van der Waals surface area contributed by atoms with Crippen LogP contribution in [-0.2, 0) is 25.0 Å². The number of allylic oxidation sites excluding steroid dienone is 1. The van der Waals surface area contributed by atoms with Crippen LogP contribution in [0.3, 0.4) is 0 Å². The highest BCUT2D eigenvalue weighted by atomic mass is 35.5. The smallest absolute Gasteiger partial charge is 0.260 e. The van der Waals surface area contributed by atoms with Crippen molar-refractivity contribution in [2.24, 2.45) is 47.3 Å². The molecule has 328 valence electrons. The average molecular weight is 886 g/mol. The molecule has 1 atom stereocenters. The van der Waals surface area contributed by atoms with Crippen LogP contribution in [0.4, 0.5) is 0 Å². The summed E-state index contributed by atoms with van der Waals surface area (Å²) in [5.41, 5.74) is 3.52. The van der Waals surface area contributed by atoms with Crippen LogP contribution in [0.25, 0.3) is 5.76 Å². The van der Waals surface area contributed by atoms with Gasteiger partial charge in [-0.15, -0.1) is 23.2 Å². The first-order chi connectivity index (χ1) is 27.7. The monoisotopic (exact) mass is 884 g/mol. The number of hydrogen-bond acceptors (Lipinski definition) is 6. The minimum atomic E-state index is -1.92. The summed E-state index contributed by atoms with van der Waals surface area (Å²) in [6.07, 6.45) is 13.4. The van der Waals surface area contributed by atoms with Crippen LogP contribution in [0.2, 0.25) is 36.3 Å². The van der Waals surface area contributed by atoms with E-state index in [2.05, 4.69) is 116 Å². The Bertz CT molecular complexity index is 1770. The molecular formula is C49H74Cl2O6Si2. The molecule has 2 aromatic rings. The Hall–Kier alpha value is -1.53. The predicted molar refractivity (Wildman–Crippen MR) is 247 cm³/mol. The minimum absolute atomic E-state index is 0.153. The number of hydrogen-bond donors (Lipinski definition) is 0. The van der Waals surface area contributed by atoms with Gasteiger partial charge in [0.25, 0.3) is 5.79 Å². The molecule has 9 aliphatic rings. The lowest BCUT2D eigenvalue weighted by molar-refractivity contribution is -0.645. The van der Waals surface area contributed by atoms with Crippen molar-refractivity contribution in [3.05, 3.63) is 65.2 Å². The summed E-state index contributed by atoms with van der Waals surface area (Å²) < 4.78 is 25.4. The maximum Gasteiger partial charge on any atom is 0.260 e. The lowest BCUT2D eigenvalue weighted by atomic mass is 9.47. The van der Waals surface area contributed by atoms with Crippen LogP contribution < -0.4 is 8.85 Å². The molecule has 8 aliphatic carbocycles. The van der Waals surface area contributed by atoms with Gasteiger partial charge in [-0.3, -0.25) is 0 Å². The molecule has 0 amide bonds. The SMILES string of the molecule is COC(=C1C2CC3CC(C2)CC1C3)c1cccc(O[Si](C)(C)C(C)(C)C)c1.COC1(c2cccc(O[Si](C)(C)C(C)(C)C)c2)OOC12C1CC3CC(C1)CC2C3.ClCCl. The van der Waals surface area contributed by atoms with Crippen molar-refractivity contribution in [1.82, 2.24) is 0 Å². The van der Waals surface area contributed by atoms with Crippen LogP contribution >= 0.6 is 23.2 Å². The predicted octanol–water partition coefficient (Wildman–Crippen LogP) is 14.3. The first kappa shape index (κ1) is 45.5. The van der Waals surface area contributed by atoms with Crippen molar-refractivity contribution in [3.8, 4) is 11.5 Å². The molecule has 0 N–H and O–H groups in total. The maximum atomic E-state index is 6.60. The highest BCUT2D eigenvalue weighted by molar-refractivity contribution is 6.75. The number of alkyl halides is 2. The van der Waals surface area contributed by atoms with Gasteiger partial charge in [-0.1, -0.05) is 65.8 Å². The summed E-state index contributed by atoms with van der Waals surface area (Å²) in [5, 5.41) is 0.549. The summed E-state index contributed by atoms with van der Waals surface area (Å²) in [7, 11) is -0.123. The second kappa shape index (κ2) is 16.9. The molecule has 6 nitrogen and oxygen atoms in total. The Morgan fingerprint density at radius 2 is 1.08 bits per heavy atom. The van der Waals surface area contributed by atoms with E-state index < -0.39 is 22.4 Å². The van der Waals surface area contributed by atoms with E-state index in [9.17, 15) is 0 Å². The fourth-order valence-electron chi connectivity index (χ4n) is 12.2. The standard InChI is InChI=1S/C24H36O4Si.C24H36O2Si.CH2Cl2/c1-22(2,3)29(5,6)26-21-9-7-8-18(15-21)24(25-4)23(27-28-24)19-11-16-10-17(13-19)14-20(23)12-16;1-24(2,3)27(5,6)26-21-9-7-8-18(15-21)23(25-4)22-19-11-16-10-17(13-19)14-20(22)12-16;2-1-3/h7-9,15-17,19-20H,10-14H2,1-6H3;7-9,15-17,19-20H,10-14H2,1-6H3;1H2. The Morgan fingerprint density at radius 1 is 0.644 bits per heavy atom. The second-order valence-electron chi connectivity index (χ2n) is 22.3. The van der Waals surface area contributed by atoms with Gasteiger partial charge in [-0.05, 0) is 178 Å². The zero-order chi connectivity index (χ0) is 42.8. The van der Waals surface area contributed by atoms with E-state index in [1.807, 2.05) is 7.11 Å². The number of rotatable bonds is 8. The van der Waals surface area contributed by atoms with Gasteiger partial charge in [0.2, 0.25) is 16.6 Å². The maximum absolute atomic E-state index is 6.60. The van der Waals surface area contributed by atoms with E-state index in [0.717, 1.165) is 58.3 Å². The normalized spacial score (nSPS) is 34.0. The van der Waals surface area contributed by atoms with Crippen molar-refractivity contribution in [2.75, 3.05) is 19.6 Å². The molecule has 0 radical (unpaired) electrons. The zero-order valence-electron chi connectivity index (χ0n) is 38.2. The molecule has 10 heteroatoms. The lowest BCUT2D eigenvalue weighted by Gasteiger charge is -2.68. The topological polar surface area (TPSA) is 55.4 Å². The van der Waals surface area contributed by atoms with Gasteiger partial charge in [0.05, 0.1) is 12.4 Å². The molecule has 11 rings (SSSR count).